The summed E-state index contributed by atoms with van der Waals surface area (Å²) in [4.78, 5) is 58.8. The maximum atomic E-state index is 14.5. The average molecular weight is 708 g/mol. The second-order valence-corrected chi connectivity index (χ2v) is 13.8. The van der Waals surface area contributed by atoms with E-state index in [-0.39, 0.29) is 40.5 Å². The minimum atomic E-state index is -1.80. The van der Waals surface area contributed by atoms with Gasteiger partial charge in [-0.1, -0.05) is 51.3 Å². The van der Waals surface area contributed by atoms with Crippen LogP contribution in [0.15, 0.2) is 76.8 Å². The standard InChI is InChI=1S/C33H26BBrClFN2O7/c1-33-23(30(42)39(32(33)44)18-6-9-25(37)24(36)13-18)14-21-19(28(33)22-12-16(35)5-10-26(22)40)7-8-20-27(21)31(43)38(29(20)41)17-4-2-3-15(11-17)34(45)46/h2-7,9-13,20-21,23,27-28,40,45-46H,8,14H2,1H3/t20-,21+,23-,27-,28+,33+/m0/s1. The number of benzene rings is 3. The zero-order valence-electron chi connectivity index (χ0n) is 24.2. The molecule has 0 bridgehead atoms. The highest BCUT2D eigenvalue weighted by atomic mass is 79.9. The number of imide groups is 2. The number of aromatic hydroxyl groups is 1. The van der Waals surface area contributed by atoms with Gasteiger partial charge in [-0.15, -0.1) is 0 Å². The first-order valence-electron chi connectivity index (χ1n) is 14.7. The van der Waals surface area contributed by atoms with E-state index in [1.54, 1.807) is 25.1 Å². The molecule has 9 nitrogen and oxygen atoms in total. The van der Waals surface area contributed by atoms with Crippen molar-refractivity contribution in [2.75, 3.05) is 9.80 Å². The number of hydrogen-bond donors (Lipinski definition) is 3. The van der Waals surface area contributed by atoms with Crippen LogP contribution in [-0.2, 0) is 19.2 Å². The molecule has 3 N–H and O–H groups in total. The van der Waals surface area contributed by atoms with Crippen LogP contribution in [0.5, 0.6) is 5.75 Å². The molecule has 0 spiro atoms. The quantitative estimate of drug-likeness (QED) is 0.212. The van der Waals surface area contributed by atoms with Crippen LogP contribution in [0.2, 0.25) is 5.02 Å². The molecule has 4 aliphatic rings. The molecular weight excluding hydrogens is 682 g/mol. The van der Waals surface area contributed by atoms with Gasteiger partial charge in [-0.2, -0.15) is 0 Å². The predicted octanol–water partition coefficient (Wildman–Crippen LogP) is 4.06. The number of fused-ring (bicyclic) bond motifs is 4. The number of allylic oxidation sites excluding steroid dienone is 2. The molecule has 234 valence electrons. The van der Waals surface area contributed by atoms with Crippen molar-refractivity contribution in [2.45, 2.75) is 25.7 Å². The Hall–Kier alpha value is -3.84. The highest BCUT2D eigenvalue weighted by Gasteiger charge is 2.68. The van der Waals surface area contributed by atoms with Crippen molar-refractivity contribution in [1.29, 1.82) is 0 Å². The largest absolute Gasteiger partial charge is 0.508 e. The summed E-state index contributed by atoms with van der Waals surface area (Å²) >= 11 is 9.51. The van der Waals surface area contributed by atoms with E-state index in [4.69, 9.17) is 11.6 Å². The fourth-order valence-corrected chi connectivity index (χ4v) is 8.62. The van der Waals surface area contributed by atoms with Crippen LogP contribution in [0.25, 0.3) is 0 Å². The SMILES string of the molecule is C[C@@]12C(=O)N(c3ccc(F)c(Cl)c3)C(=O)[C@@H]1C[C@@H]1C(=CC[C@@H]3C(=O)N(c4cccc(B(O)O)c4)C(=O)[C@@H]31)[C@@H]2c1cc(Br)ccc1O. The van der Waals surface area contributed by atoms with Crippen LogP contribution in [-0.4, -0.2) is 45.9 Å². The van der Waals surface area contributed by atoms with Crippen molar-refractivity contribution < 1.29 is 38.7 Å². The highest BCUT2D eigenvalue weighted by molar-refractivity contribution is 9.10. The third-order valence-electron chi connectivity index (χ3n) is 10.2. The number of rotatable bonds is 4. The fourth-order valence-electron chi connectivity index (χ4n) is 8.07. The second-order valence-electron chi connectivity index (χ2n) is 12.4. The maximum Gasteiger partial charge on any atom is 0.488 e. The normalized spacial score (nSPS) is 28.7. The number of nitrogens with zero attached hydrogens (tertiary/aromatic N) is 2. The number of halogens is 3. The van der Waals surface area contributed by atoms with Crippen molar-refractivity contribution in [1.82, 2.24) is 0 Å². The Bertz CT molecular complexity index is 1910. The molecule has 0 radical (unpaired) electrons. The van der Waals surface area contributed by atoms with Gasteiger partial charge in [0.05, 0.1) is 39.6 Å². The fraction of sp³-hybridized carbons (Fsp3) is 0.273. The number of carbonyl (C=O) groups excluding carboxylic acids is 4. The highest BCUT2D eigenvalue weighted by Crippen LogP contribution is 2.64. The number of carbonyl (C=O) groups is 4. The van der Waals surface area contributed by atoms with Crippen molar-refractivity contribution in [3.63, 3.8) is 0 Å². The van der Waals surface area contributed by atoms with Crippen LogP contribution in [0.1, 0.15) is 31.2 Å². The average Bonchev–Trinajstić information content (AvgIpc) is 3.39. The van der Waals surface area contributed by atoms with Crippen LogP contribution in [0.3, 0.4) is 0 Å². The first-order valence-corrected chi connectivity index (χ1v) is 15.9. The topological polar surface area (TPSA) is 135 Å². The summed E-state index contributed by atoms with van der Waals surface area (Å²) in [5.41, 5.74) is 0.0629. The molecule has 0 aromatic heterocycles. The van der Waals surface area contributed by atoms with E-state index in [0.29, 0.717) is 15.6 Å². The lowest BCUT2D eigenvalue weighted by atomic mass is 9.51. The molecule has 3 aromatic rings. The first-order chi connectivity index (χ1) is 21.8. The molecule has 13 heteroatoms. The zero-order valence-corrected chi connectivity index (χ0v) is 26.6. The van der Waals surface area contributed by atoms with Crippen molar-refractivity contribution in [2.24, 2.45) is 29.1 Å². The predicted molar refractivity (Wildman–Crippen MR) is 171 cm³/mol. The van der Waals surface area contributed by atoms with E-state index >= 15 is 0 Å². The Morgan fingerprint density at radius 2 is 1.67 bits per heavy atom. The van der Waals surface area contributed by atoms with Gasteiger partial charge in [0.15, 0.2) is 0 Å². The van der Waals surface area contributed by atoms with Gasteiger partial charge in [0.1, 0.15) is 11.6 Å². The Labute approximate surface area is 276 Å². The van der Waals surface area contributed by atoms with Crippen molar-refractivity contribution in [3.8, 4) is 5.75 Å². The molecule has 3 fully saturated rings. The Morgan fingerprint density at radius 1 is 0.935 bits per heavy atom. The van der Waals surface area contributed by atoms with Gasteiger partial charge in [0, 0.05) is 16.0 Å². The van der Waals surface area contributed by atoms with E-state index in [0.717, 1.165) is 15.9 Å². The van der Waals surface area contributed by atoms with Crippen LogP contribution >= 0.6 is 27.5 Å². The van der Waals surface area contributed by atoms with Crippen molar-refractivity contribution >= 4 is 75.1 Å². The van der Waals surface area contributed by atoms with Crippen molar-refractivity contribution in [3.05, 3.63) is 93.2 Å². The molecule has 2 aliphatic carbocycles. The molecule has 4 amide bonds. The Balaban J connectivity index is 1.37. The second kappa shape index (κ2) is 10.9. The number of phenols is 1. The molecule has 1 saturated carbocycles. The lowest BCUT2D eigenvalue weighted by molar-refractivity contribution is -0.131. The van der Waals surface area contributed by atoms with Gasteiger partial charge in [0.25, 0.3) is 0 Å². The molecule has 0 unspecified atom stereocenters. The number of amides is 4. The summed E-state index contributed by atoms with van der Waals surface area (Å²) in [7, 11) is -1.80. The van der Waals surface area contributed by atoms with Crippen LogP contribution < -0.4 is 15.3 Å². The van der Waals surface area contributed by atoms with Crippen LogP contribution in [0.4, 0.5) is 15.8 Å². The molecule has 7 rings (SSSR count). The van der Waals surface area contributed by atoms with Gasteiger partial charge in [-0.25, -0.2) is 9.29 Å². The van der Waals surface area contributed by atoms with E-state index in [9.17, 15) is 38.7 Å². The van der Waals surface area contributed by atoms with E-state index in [2.05, 4.69) is 15.9 Å². The summed E-state index contributed by atoms with van der Waals surface area (Å²) in [6, 6.07) is 14.3. The Morgan fingerprint density at radius 3 is 2.39 bits per heavy atom. The molecule has 2 aliphatic heterocycles. The number of phenolic OH excluding ortho intramolecular Hbond substituents is 1. The van der Waals surface area contributed by atoms with Crippen LogP contribution in [0, 0.1) is 34.9 Å². The van der Waals surface area contributed by atoms with Gasteiger partial charge in [-0.3, -0.25) is 24.1 Å². The molecule has 6 atom stereocenters. The minimum Gasteiger partial charge on any atom is -0.508 e. The molecule has 2 saturated heterocycles. The van der Waals surface area contributed by atoms with Gasteiger partial charge in [0.2, 0.25) is 23.6 Å². The first kappa shape index (κ1) is 30.8. The summed E-state index contributed by atoms with van der Waals surface area (Å²) in [6.07, 6.45) is 2.12. The summed E-state index contributed by atoms with van der Waals surface area (Å²) in [5.74, 6) is -6.90. The maximum absolute atomic E-state index is 14.5. The Kier molecular flexibility index (Phi) is 7.28. The number of hydrogen-bond acceptors (Lipinski definition) is 7. The van der Waals surface area contributed by atoms with Gasteiger partial charge >= 0.3 is 7.12 Å². The third-order valence-corrected chi connectivity index (χ3v) is 10.9. The molecular formula is C33H26BBrClFN2O7. The van der Waals surface area contributed by atoms with Gasteiger partial charge in [-0.05, 0) is 79.7 Å². The van der Waals surface area contributed by atoms with E-state index in [1.165, 1.54) is 36.4 Å². The molecule has 46 heavy (non-hydrogen) atoms. The molecule has 3 aromatic carbocycles. The summed E-state index contributed by atoms with van der Waals surface area (Å²) in [6.45, 7) is 1.68. The lowest BCUT2D eigenvalue weighted by Gasteiger charge is -2.49. The zero-order chi connectivity index (χ0) is 32.8. The minimum absolute atomic E-state index is 0.0764. The number of anilines is 2. The monoisotopic (exact) mass is 706 g/mol. The lowest BCUT2D eigenvalue weighted by Crippen LogP contribution is -2.49. The third kappa shape index (κ3) is 4.34. The van der Waals surface area contributed by atoms with E-state index < -0.39 is 71.6 Å². The van der Waals surface area contributed by atoms with E-state index in [1.807, 2.05) is 6.08 Å². The summed E-state index contributed by atoms with van der Waals surface area (Å²) in [5, 5.41) is 30.3. The smallest absolute Gasteiger partial charge is 0.488 e. The van der Waals surface area contributed by atoms with Gasteiger partial charge < -0.3 is 15.2 Å². The molecule has 2 heterocycles. The summed E-state index contributed by atoms with van der Waals surface area (Å²) < 4.78 is 14.7.